The van der Waals surface area contributed by atoms with E-state index in [-0.39, 0.29) is 5.91 Å². The van der Waals surface area contributed by atoms with Gasteiger partial charge >= 0.3 is 0 Å². The highest BCUT2D eigenvalue weighted by molar-refractivity contribution is 5.97. The van der Waals surface area contributed by atoms with Crippen LogP contribution in [0.4, 0.5) is 0 Å². The van der Waals surface area contributed by atoms with Crippen molar-refractivity contribution in [3.05, 3.63) is 30.2 Å². The summed E-state index contributed by atoms with van der Waals surface area (Å²) in [6.45, 7) is 2.13. The SMILES string of the molecule is CC(CC1CC1)N(C)C(=O)c1cc2cnccc2[nH]1. The molecule has 4 heteroatoms. The number of hydrogen-bond acceptors (Lipinski definition) is 2. The summed E-state index contributed by atoms with van der Waals surface area (Å²) in [5.41, 5.74) is 1.61. The second-order valence-corrected chi connectivity index (χ2v) is 5.59. The van der Waals surface area contributed by atoms with Crippen LogP contribution < -0.4 is 0 Å². The van der Waals surface area contributed by atoms with Gasteiger partial charge in [0.25, 0.3) is 5.91 Å². The Morgan fingerprint density at radius 3 is 3.05 bits per heavy atom. The van der Waals surface area contributed by atoms with Crippen LogP contribution in [0.1, 0.15) is 36.7 Å². The van der Waals surface area contributed by atoms with Crippen LogP contribution in [0.2, 0.25) is 0 Å². The predicted octanol–water partition coefficient (Wildman–Crippen LogP) is 2.82. The number of H-pyrrole nitrogens is 1. The minimum Gasteiger partial charge on any atom is -0.350 e. The molecule has 0 saturated heterocycles. The first kappa shape index (κ1) is 12.2. The Bertz CT molecular complexity index is 567. The van der Waals surface area contributed by atoms with E-state index in [0.29, 0.717) is 11.7 Å². The fourth-order valence-electron chi connectivity index (χ4n) is 2.47. The van der Waals surface area contributed by atoms with Crippen LogP contribution in [0.3, 0.4) is 0 Å². The number of aromatic nitrogens is 2. The molecule has 1 fully saturated rings. The maximum absolute atomic E-state index is 12.4. The third-order valence-corrected chi connectivity index (χ3v) is 4.00. The number of fused-ring (bicyclic) bond motifs is 1. The quantitative estimate of drug-likeness (QED) is 0.915. The Morgan fingerprint density at radius 1 is 1.58 bits per heavy atom. The highest BCUT2D eigenvalue weighted by atomic mass is 16.2. The molecule has 0 aromatic carbocycles. The van der Waals surface area contributed by atoms with Gasteiger partial charge in [-0.25, -0.2) is 0 Å². The molecule has 19 heavy (non-hydrogen) atoms. The molecule has 2 heterocycles. The minimum absolute atomic E-state index is 0.0596. The maximum Gasteiger partial charge on any atom is 0.270 e. The van der Waals surface area contributed by atoms with Crippen molar-refractivity contribution < 1.29 is 4.79 Å². The Morgan fingerprint density at radius 2 is 2.37 bits per heavy atom. The third kappa shape index (κ3) is 2.48. The Balaban J connectivity index is 1.77. The monoisotopic (exact) mass is 257 g/mol. The van der Waals surface area contributed by atoms with E-state index < -0.39 is 0 Å². The number of carbonyl (C=O) groups is 1. The first-order chi connectivity index (χ1) is 9.15. The van der Waals surface area contributed by atoms with Crippen molar-refractivity contribution >= 4 is 16.8 Å². The Kier molecular flexibility index (Phi) is 3.01. The molecule has 0 spiro atoms. The first-order valence-electron chi connectivity index (χ1n) is 6.85. The minimum atomic E-state index is 0.0596. The molecule has 1 saturated carbocycles. The van der Waals surface area contributed by atoms with E-state index in [9.17, 15) is 4.79 Å². The molecule has 1 amide bonds. The molecule has 1 atom stereocenters. The molecule has 4 nitrogen and oxygen atoms in total. The smallest absolute Gasteiger partial charge is 0.270 e. The predicted molar refractivity (Wildman–Crippen MR) is 75.0 cm³/mol. The van der Waals surface area contributed by atoms with E-state index in [4.69, 9.17) is 0 Å². The Labute approximate surface area is 112 Å². The molecule has 1 unspecified atom stereocenters. The van der Waals surface area contributed by atoms with Gasteiger partial charge in [0.2, 0.25) is 0 Å². The van der Waals surface area contributed by atoms with Crippen LogP contribution in [-0.4, -0.2) is 33.9 Å². The molecule has 0 aliphatic heterocycles. The summed E-state index contributed by atoms with van der Waals surface area (Å²) in [5.74, 6) is 0.890. The molecule has 100 valence electrons. The molecule has 1 N–H and O–H groups in total. The Hall–Kier alpha value is -1.84. The number of hydrogen-bond donors (Lipinski definition) is 1. The first-order valence-corrected chi connectivity index (χ1v) is 6.85. The largest absolute Gasteiger partial charge is 0.350 e. The van der Waals surface area contributed by atoms with Gasteiger partial charge in [0.05, 0.1) is 0 Å². The zero-order chi connectivity index (χ0) is 13.4. The van der Waals surface area contributed by atoms with Gasteiger partial charge in [-0.3, -0.25) is 9.78 Å². The number of nitrogens with one attached hydrogen (secondary N) is 1. The fraction of sp³-hybridized carbons (Fsp3) is 0.467. The molecule has 0 radical (unpaired) electrons. The maximum atomic E-state index is 12.4. The molecule has 1 aliphatic carbocycles. The molecular weight excluding hydrogens is 238 g/mol. The standard InChI is InChI=1S/C15H19N3O/c1-10(7-11-3-4-11)18(2)15(19)14-8-12-9-16-6-5-13(12)17-14/h5-6,8-11,17H,3-4,7H2,1-2H3. The van der Waals surface area contributed by atoms with Gasteiger partial charge in [-0.2, -0.15) is 0 Å². The van der Waals surface area contributed by atoms with Crippen LogP contribution in [0.15, 0.2) is 24.5 Å². The van der Waals surface area contributed by atoms with Crippen LogP contribution in [0.25, 0.3) is 10.9 Å². The summed E-state index contributed by atoms with van der Waals surface area (Å²) in [5, 5.41) is 0.981. The van der Waals surface area contributed by atoms with Crippen molar-refractivity contribution in [2.75, 3.05) is 7.05 Å². The average molecular weight is 257 g/mol. The van der Waals surface area contributed by atoms with Crippen molar-refractivity contribution in [1.82, 2.24) is 14.9 Å². The van der Waals surface area contributed by atoms with E-state index in [1.807, 2.05) is 24.1 Å². The number of carbonyl (C=O) groups excluding carboxylic acids is 1. The normalized spacial score (nSPS) is 16.5. The van der Waals surface area contributed by atoms with E-state index >= 15 is 0 Å². The third-order valence-electron chi connectivity index (χ3n) is 4.00. The van der Waals surface area contributed by atoms with Gasteiger partial charge in [0.1, 0.15) is 5.69 Å². The van der Waals surface area contributed by atoms with E-state index in [2.05, 4.69) is 16.9 Å². The summed E-state index contributed by atoms with van der Waals surface area (Å²) < 4.78 is 0. The van der Waals surface area contributed by atoms with Crippen molar-refractivity contribution in [2.24, 2.45) is 5.92 Å². The number of aromatic amines is 1. The van der Waals surface area contributed by atoms with Crippen molar-refractivity contribution in [1.29, 1.82) is 0 Å². The lowest BCUT2D eigenvalue weighted by Crippen LogP contribution is -2.35. The van der Waals surface area contributed by atoms with Crippen LogP contribution in [0.5, 0.6) is 0 Å². The van der Waals surface area contributed by atoms with Gasteiger partial charge in [0, 0.05) is 36.4 Å². The fourth-order valence-corrected chi connectivity index (χ4v) is 2.47. The summed E-state index contributed by atoms with van der Waals surface area (Å²) in [6, 6.07) is 4.06. The van der Waals surface area contributed by atoms with Gasteiger partial charge in [0.15, 0.2) is 0 Å². The number of nitrogens with zero attached hydrogens (tertiary/aromatic N) is 2. The molecule has 0 bridgehead atoms. The molecule has 1 aliphatic rings. The zero-order valence-electron chi connectivity index (χ0n) is 11.4. The lowest BCUT2D eigenvalue weighted by Gasteiger charge is -2.24. The van der Waals surface area contributed by atoms with Crippen LogP contribution in [-0.2, 0) is 0 Å². The topological polar surface area (TPSA) is 49.0 Å². The molecular formula is C15H19N3O. The zero-order valence-corrected chi connectivity index (χ0v) is 11.4. The highest BCUT2D eigenvalue weighted by Crippen LogP contribution is 2.34. The lowest BCUT2D eigenvalue weighted by molar-refractivity contribution is 0.0728. The lowest BCUT2D eigenvalue weighted by atomic mass is 10.1. The number of rotatable bonds is 4. The summed E-state index contributed by atoms with van der Waals surface area (Å²) in [7, 11) is 1.89. The van der Waals surface area contributed by atoms with E-state index in [1.54, 1.807) is 12.4 Å². The van der Waals surface area contributed by atoms with Gasteiger partial charge in [-0.05, 0) is 31.4 Å². The summed E-state index contributed by atoms with van der Waals surface area (Å²) in [6.07, 6.45) is 7.27. The van der Waals surface area contributed by atoms with Gasteiger partial charge in [-0.1, -0.05) is 12.8 Å². The molecule has 3 rings (SSSR count). The van der Waals surface area contributed by atoms with Crippen LogP contribution in [0, 0.1) is 5.92 Å². The van der Waals surface area contributed by atoms with Crippen LogP contribution >= 0.6 is 0 Å². The summed E-state index contributed by atoms with van der Waals surface area (Å²) >= 11 is 0. The molecule has 2 aromatic heterocycles. The second-order valence-electron chi connectivity index (χ2n) is 5.59. The highest BCUT2D eigenvalue weighted by Gasteiger charge is 2.27. The molecule has 2 aromatic rings. The van der Waals surface area contributed by atoms with Gasteiger partial charge < -0.3 is 9.88 Å². The van der Waals surface area contributed by atoms with E-state index in [0.717, 1.165) is 23.2 Å². The second kappa shape index (κ2) is 4.68. The van der Waals surface area contributed by atoms with Crippen molar-refractivity contribution in [3.8, 4) is 0 Å². The summed E-state index contributed by atoms with van der Waals surface area (Å²) in [4.78, 5) is 21.5. The average Bonchev–Trinajstić information content (AvgIpc) is 3.12. The van der Waals surface area contributed by atoms with E-state index in [1.165, 1.54) is 12.8 Å². The van der Waals surface area contributed by atoms with Crippen molar-refractivity contribution in [3.63, 3.8) is 0 Å². The number of amides is 1. The van der Waals surface area contributed by atoms with Crippen molar-refractivity contribution in [2.45, 2.75) is 32.2 Å². The number of pyridine rings is 1. The van der Waals surface area contributed by atoms with Gasteiger partial charge in [-0.15, -0.1) is 0 Å².